The Morgan fingerprint density at radius 2 is 1.62 bits per heavy atom. The largest absolute Gasteiger partial charge is 0.444 e. The lowest BCUT2D eigenvalue weighted by Gasteiger charge is -2.58. The summed E-state index contributed by atoms with van der Waals surface area (Å²) in [5.41, 5.74) is 1.60. The van der Waals surface area contributed by atoms with Gasteiger partial charge in [0.2, 0.25) is 0 Å². The van der Waals surface area contributed by atoms with Gasteiger partial charge in [0.1, 0.15) is 17.4 Å². The monoisotopic (exact) mass is 652 g/mol. The average Bonchev–Trinajstić information content (AvgIpc) is 3.68. The summed E-state index contributed by atoms with van der Waals surface area (Å²) in [6.45, 7) is 12.2. The highest BCUT2D eigenvalue weighted by atomic mass is 16.6. The second-order valence-electron chi connectivity index (χ2n) is 15.4. The number of rotatable bonds is 5. The molecule has 1 aliphatic heterocycles. The van der Waals surface area contributed by atoms with Crippen molar-refractivity contribution in [1.82, 2.24) is 29.2 Å². The number of fused-ring (bicyclic) bond motifs is 5. The van der Waals surface area contributed by atoms with Crippen molar-refractivity contribution in [3.05, 3.63) is 59.5 Å². The molecular weight excluding hydrogens is 608 g/mol. The Bertz CT molecular complexity index is 1920. The molecule has 4 heterocycles. The van der Waals surface area contributed by atoms with Crippen molar-refractivity contribution < 1.29 is 19.4 Å². The molecule has 4 fully saturated rings. The van der Waals surface area contributed by atoms with E-state index >= 15 is 0 Å². The summed E-state index contributed by atoms with van der Waals surface area (Å²) in [4.78, 5) is 30.6. The summed E-state index contributed by atoms with van der Waals surface area (Å²) in [6.07, 6.45) is 9.62. The molecule has 3 aliphatic carbocycles. The number of nitrogens with one attached hydrogen (secondary N) is 1. The fraction of sp³-hybridized carbons (Fsp3) is 0.528. The van der Waals surface area contributed by atoms with Crippen LogP contribution in [0.4, 0.5) is 10.5 Å². The number of aromatic nitrogens is 4. The predicted octanol–water partition coefficient (Wildman–Crippen LogP) is 5.39. The minimum atomic E-state index is -1.23. The first kappa shape index (κ1) is 32.1. The highest BCUT2D eigenvalue weighted by molar-refractivity contribution is 6.05. The fourth-order valence-electron chi connectivity index (χ4n) is 8.00. The lowest BCUT2D eigenvalue weighted by molar-refractivity contribution is -0.0701. The molecule has 0 spiro atoms. The maximum absolute atomic E-state index is 13.5. The summed E-state index contributed by atoms with van der Waals surface area (Å²) in [6, 6.07) is 11.0. The van der Waals surface area contributed by atoms with Gasteiger partial charge in [-0.05, 0) is 103 Å². The van der Waals surface area contributed by atoms with Gasteiger partial charge in [0.15, 0.2) is 0 Å². The van der Waals surface area contributed by atoms with Gasteiger partial charge in [-0.15, -0.1) is 0 Å². The zero-order chi connectivity index (χ0) is 34.1. The number of hydrogen-bond donors (Lipinski definition) is 2. The number of hydrogen-bond acceptors (Lipinski definition) is 8. The number of nitrogens with zero attached hydrogens (tertiary/aromatic N) is 7. The maximum Gasteiger partial charge on any atom is 0.410 e. The Morgan fingerprint density at radius 3 is 2.25 bits per heavy atom. The topological polar surface area (TPSA) is 141 Å². The van der Waals surface area contributed by atoms with E-state index in [1.165, 1.54) is 10.7 Å². The van der Waals surface area contributed by atoms with Crippen LogP contribution >= 0.6 is 0 Å². The molecule has 4 aliphatic rings. The average molecular weight is 653 g/mol. The predicted molar refractivity (Wildman–Crippen MR) is 181 cm³/mol. The van der Waals surface area contributed by atoms with Gasteiger partial charge >= 0.3 is 6.09 Å². The van der Waals surface area contributed by atoms with Crippen LogP contribution in [0.1, 0.15) is 94.8 Å². The van der Waals surface area contributed by atoms with Crippen molar-refractivity contribution in [2.45, 2.75) is 95.4 Å². The van der Waals surface area contributed by atoms with Crippen LogP contribution in [-0.4, -0.2) is 83.6 Å². The van der Waals surface area contributed by atoms with Crippen LogP contribution in [0.5, 0.6) is 0 Å². The highest BCUT2D eigenvalue weighted by Crippen LogP contribution is 2.53. The molecule has 0 unspecified atom stereocenters. The van der Waals surface area contributed by atoms with Crippen LogP contribution in [0.3, 0.4) is 0 Å². The Hall–Kier alpha value is -4.47. The molecule has 3 aromatic heterocycles. The number of aliphatic hydroxyl groups is 1. The third-order valence-electron chi connectivity index (χ3n) is 10.7. The minimum Gasteiger partial charge on any atom is -0.444 e. The zero-order valence-corrected chi connectivity index (χ0v) is 28.4. The third kappa shape index (κ3) is 5.69. The van der Waals surface area contributed by atoms with Crippen molar-refractivity contribution in [2.75, 3.05) is 31.5 Å². The Morgan fingerprint density at radius 1 is 0.958 bits per heavy atom. The van der Waals surface area contributed by atoms with E-state index in [1.54, 1.807) is 32.0 Å². The minimum absolute atomic E-state index is 0.0732. The molecule has 2 N–H and O–H groups in total. The van der Waals surface area contributed by atoms with Crippen molar-refractivity contribution in [1.29, 1.82) is 5.26 Å². The molecule has 48 heavy (non-hydrogen) atoms. The van der Waals surface area contributed by atoms with Crippen LogP contribution in [-0.2, 0) is 15.9 Å². The van der Waals surface area contributed by atoms with E-state index in [2.05, 4.69) is 32.3 Å². The Balaban J connectivity index is 1.09. The first-order valence-electron chi connectivity index (χ1n) is 16.9. The number of ether oxygens (including phenoxy) is 1. The molecule has 252 valence electrons. The van der Waals surface area contributed by atoms with Crippen molar-refractivity contribution >= 4 is 34.1 Å². The van der Waals surface area contributed by atoms with Crippen LogP contribution in [0.25, 0.3) is 16.4 Å². The van der Waals surface area contributed by atoms with Gasteiger partial charge in [-0.1, -0.05) is 0 Å². The molecule has 1 saturated heterocycles. The summed E-state index contributed by atoms with van der Waals surface area (Å²) in [5.74, 6) is -0.370. The normalized spacial score (nSPS) is 23.4. The smallest absolute Gasteiger partial charge is 0.410 e. The lowest BCUT2D eigenvalue weighted by atomic mass is 9.60. The van der Waals surface area contributed by atoms with Gasteiger partial charge in [0.25, 0.3) is 5.91 Å². The zero-order valence-electron chi connectivity index (χ0n) is 28.4. The summed E-state index contributed by atoms with van der Waals surface area (Å²) >= 11 is 0. The highest BCUT2D eigenvalue weighted by Gasteiger charge is 2.53. The van der Waals surface area contributed by atoms with Gasteiger partial charge in [-0.25, -0.2) is 9.31 Å². The first-order chi connectivity index (χ1) is 22.7. The number of carbonyl (C=O) groups excluding carboxylic acids is 2. The molecular formula is C36H44N8O4. The second kappa shape index (κ2) is 11.3. The van der Waals surface area contributed by atoms with Gasteiger partial charge in [-0.2, -0.15) is 15.5 Å². The van der Waals surface area contributed by atoms with E-state index in [0.717, 1.165) is 62.5 Å². The molecule has 3 saturated carbocycles. The van der Waals surface area contributed by atoms with E-state index in [1.807, 2.05) is 37.8 Å². The molecule has 0 radical (unpaired) electrons. The van der Waals surface area contributed by atoms with E-state index in [0.29, 0.717) is 41.1 Å². The molecule has 12 heteroatoms. The first-order valence-corrected chi connectivity index (χ1v) is 16.9. The Kier molecular flexibility index (Phi) is 7.56. The van der Waals surface area contributed by atoms with Gasteiger partial charge in [-0.3, -0.25) is 14.4 Å². The van der Waals surface area contributed by atoms with Crippen LogP contribution in [0, 0.1) is 11.3 Å². The van der Waals surface area contributed by atoms with Gasteiger partial charge < -0.3 is 20.1 Å². The molecule has 1 aromatic carbocycles. The quantitative estimate of drug-likeness (QED) is 0.293. The number of amides is 2. The standard InChI is InChI=1S/C36H44N8O4/c1-33(2,3)48-32(46)41-14-16-42(17-15-41)35-8-11-36(12-9-35,13-10-35)43-23-25-19-29(27(34(4,5)47)20-28(25)40-43)39-31(45)30-7-6-26-18-24(21-37)22-38-44(26)30/h6-7,18-20,22-23,47H,8-17H2,1-5H3,(H,39,45). The van der Waals surface area contributed by atoms with Gasteiger partial charge in [0, 0.05) is 54.6 Å². The molecule has 2 amide bonds. The van der Waals surface area contributed by atoms with Crippen LogP contribution < -0.4 is 5.32 Å². The fourth-order valence-corrected chi connectivity index (χ4v) is 8.00. The Labute approximate surface area is 280 Å². The van der Waals surface area contributed by atoms with Crippen molar-refractivity contribution in [3.8, 4) is 6.07 Å². The summed E-state index contributed by atoms with van der Waals surface area (Å²) < 4.78 is 9.26. The summed E-state index contributed by atoms with van der Waals surface area (Å²) in [5, 5.41) is 33.6. The molecule has 12 nitrogen and oxygen atoms in total. The number of carbonyl (C=O) groups is 2. The maximum atomic E-state index is 13.5. The lowest BCUT2D eigenvalue weighted by Crippen LogP contribution is -2.63. The van der Waals surface area contributed by atoms with E-state index in [9.17, 15) is 20.0 Å². The van der Waals surface area contributed by atoms with Crippen LogP contribution in [0.2, 0.25) is 0 Å². The molecule has 4 aromatic rings. The van der Waals surface area contributed by atoms with E-state index in [4.69, 9.17) is 9.84 Å². The van der Waals surface area contributed by atoms with Crippen molar-refractivity contribution in [3.63, 3.8) is 0 Å². The van der Waals surface area contributed by atoms with E-state index < -0.39 is 11.2 Å². The molecule has 8 rings (SSSR count). The number of nitriles is 1. The van der Waals surface area contributed by atoms with Crippen LogP contribution in [0.15, 0.2) is 42.7 Å². The third-order valence-corrected chi connectivity index (χ3v) is 10.7. The second-order valence-corrected chi connectivity index (χ2v) is 15.4. The number of anilines is 1. The number of piperazine rings is 1. The number of benzene rings is 1. The van der Waals surface area contributed by atoms with E-state index in [-0.39, 0.29) is 23.1 Å². The summed E-state index contributed by atoms with van der Waals surface area (Å²) in [7, 11) is 0. The van der Waals surface area contributed by atoms with Gasteiger partial charge in [0.05, 0.1) is 33.9 Å². The van der Waals surface area contributed by atoms with Crippen molar-refractivity contribution in [2.24, 2.45) is 0 Å². The molecule has 2 bridgehead atoms. The molecule has 0 atom stereocenters. The SMILES string of the molecule is CC(C)(C)OC(=O)N1CCN(C23CCC(n4cc5cc(NC(=O)c6ccc7cc(C#N)cnn67)c(C(C)(C)O)cc5n4)(CC2)CC3)CC1.